The van der Waals surface area contributed by atoms with E-state index < -0.39 is 10.0 Å². The van der Waals surface area contributed by atoms with Crippen molar-refractivity contribution in [2.24, 2.45) is 7.05 Å². The second-order valence-electron chi connectivity index (χ2n) is 7.35. The third-order valence-corrected chi connectivity index (χ3v) is 6.94. The molecule has 1 fully saturated rings. The Bertz CT molecular complexity index is 1170. The van der Waals surface area contributed by atoms with Gasteiger partial charge in [0.2, 0.25) is 10.0 Å². The second kappa shape index (κ2) is 7.69. The molecule has 0 radical (unpaired) electrons. The number of carbonyl (C=O) groups is 1. The summed E-state index contributed by atoms with van der Waals surface area (Å²) in [6.07, 6.45) is 4.55. The lowest BCUT2D eigenvalue weighted by molar-refractivity contribution is 0.0691. The normalized spacial score (nSPS) is 15.6. The van der Waals surface area contributed by atoms with E-state index in [0.29, 0.717) is 25.5 Å². The number of carbonyl (C=O) groups excluding carboxylic acids is 1. The molecule has 30 heavy (non-hydrogen) atoms. The maximum Gasteiger partial charge on any atom is 0.274 e. The smallest absolute Gasteiger partial charge is 0.274 e. The minimum Gasteiger partial charge on any atom is -0.335 e. The molecule has 0 aliphatic carbocycles. The Hall–Kier alpha value is -2.99. The largest absolute Gasteiger partial charge is 0.335 e. The summed E-state index contributed by atoms with van der Waals surface area (Å²) in [4.78, 5) is 14.6. The second-order valence-corrected chi connectivity index (χ2v) is 9.29. The molecule has 0 spiro atoms. The average Bonchev–Trinajstić information content (AvgIpc) is 3.43. The number of aryl methyl sites for hydroxylation is 3. The van der Waals surface area contributed by atoms with Gasteiger partial charge in [-0.15, -0.1) is 0 Å². The van der Waals surface area contributed by atoms with E-state index in [-0.39, 0.29) is 23.9 Å². The number of sulfonamides is 1. The number of hydrogen-bond acceptors (Lipinski definition) is 6. The molecular formula is C18H24N8O3S. The predicted octanol–water partition coefficient (Wildman–Crippen LogP) is 0.0824. The van der Waals surface area contributed by atoms with E-state index in [1.807, 2.05) is 24.6 Å². The molecule has 3 aromatic rings. The molecule has 1 aliphatic heterocycles. The molecule has 0 aromatic carbocycles. The van der Waals surface area contributed by atoms with Gasteiger partial charge in [-0.3, -0.25) is 14.2 Å². The van der Waals surface area contributed by atoms with Crippen molar-refractivity contribution in [2.75, 3.05) is 26.2 Å². The molecule has 11 nitrogen and oxygen atoms in total. The van der Waals surface area contributed by atoms with Gasteiger partial charge in [0.1, 0.15) is 17.3 Å². The van der Waals surface area contributed by atoms with E-state index in [9.17, 15) is 13.2 Å². The van der Waals surface area contributed by atoms with E-state index >= 15 is 0 Å². The predicted molar refractivity (Wildman–Crippen MR) is 107 cm³/mol. The summed E-state index contributed by atoms with van der Waals surface area (Å²) >= 11 is 0. The lowest BCUT2D eigenvalue weighted by Crippen LogP contribution is -2.50. The van der Waals surface area contributed by atoms with Crippen LogP contribution in [0.25, 0.3) is 0 Å². The van der Waals surface area contributed by atoms with Crippen LogP contribution in [0, 0.1) is 13.8 Å². The van der Waals surface area contributed by atoms with Gasteiger partial charge in [0.25, 0.3) is 5.91 Å². The molecule has 0 N–H and O–H groups in total. The van der Waals surface area contributed by atoms with E-state index in [1.54, 1.807) is 28.9 Å². The van der Waals surface area contributed by atoms with Crippen LogP contribution in [0.4, 0.5) is 0 Å². The highest BCUT2D eigenvalue weighted by Crippen LogP contribution is 2.17. The fourth-order valence-corrected chi connectivity index (χ4v) is 4.89. The number of aromatic nitrogens is 6. The minimum atomic E-state index is -3.60. The third kappa shape index (κ3) is 3.87. The van der Waals surface area contributed by atoms with Gasteiger partial charge in [0.05, 0.1) is 11.9 Å². The Balaban J connectivity index is 1.39. The summed E-state index contributed by atoms with van der Waals surface area (Å²) in [6.45, 7) is 5.39. The van der Waals surface area contributed by atoms with Crippen molar-refractivity contribution in [3.63, 3.8) is 0 Å². The number of amides is 1. The Labute approximate surface area is 174 Å². The fraction of sp³-hybridized carbons (Fsp3) is 0.444. The summed E-state index contributed by atoms with van der Waals surface area (Å²) in [7, 11) is -1.93. The van der Waals surface area contributed by atoms with Gasteiger partial charge in [-0.25, -0.2) is 13.1 Å². The Morgan fingerprint density at radius 1 is 1.13 bits per heavy atom. The Kier molecular flexibility index (Phi) is 5.20. The molecule has 0 unspecified atom stereocenters. The highest BCUT2D eigenvalue weighted by molar-refractivity contribution is 7.89. The van der Waals surface area contributed by atoms with Crippen LogP contribution in [0.5, 0.6) is 0 Å². The first-order chi connectivity index (χ1) is 14.2. The van der Waals surface area contributed by atoms with Crippen molar-refractivity contribution in [2.45, 2.75) is 25.4 Å². The van der Waals surface area contributed by atoms with E-state index in [2.05, 4.69) is 15.3 Å². The van der Waals surface area contributed by atoms with Crippen LogP contribution in [0.2, 0.25) is 0 Å². The molecule has 12 heteroatoms. The standard InChI is InChI=1S/C18H24N8O3S/c1-14-10-15(2)26(20-14)13-24-5-4-17(21-24)18(27)23-6-8-25(9-7-23)30(28,29)16-11-19-22(3)12-16/h4-5,10-12H,6-9,13H2,1-3H3. The molecule has 1 aliphatic rings. The first kappa shape index (κ1) is 20.3. The van der Waals surface area contributed by atoms with Gasteiger partial charge in [-0.1, -0.05) is 0 Å². The van der Waals surface area contributed by atoms with Crippen LogP contribution in [-0.4, -0.2) is 79.1 Å². The summed E-state index contributed by atoms with van der Waals surface area (Å²) in [5, 5.41) is 12.7. The van der Waals surface area contributed by atoms with Crippen LogP contribution in [0.1, 0.15) is 21.9 Å². The number of nitrogens with zero attached hydrogens (tertiary/aromatic N) is 8. The number of rotatable bonds is 5. The molecule has 160 valence electrons. The van der Waals surface area contributed by atoms with Crippen molar-refractivity contribution < 1.29 is 13.2 Å². The van der Waals surface area contributed by atoms with Crippen molar-refractivity contribution >= 4 is 15.9 Å². The molecule has 0 saturated carbocycles. The molecule has 3 aromatic heterocycles. The van der Waals surface area contributed by atoms with E-state index in [0.717, 1.165) is 11.4 Å². The number of piperazine rings is 1. The van der Waals surface area contributed by atoms with Gasteiger partial charge >= 0.3 is 0 Å². The maximum atomic E-state index is 12.8. The fourth-order valence-electron chi connectivity index (χ4n) is 3.48. The number of hydrogen-bond donors (Lipinski definition) is 0. The molecule has 0 bridgehead atoms. The third-order valence-electron chi connectivity index (χ3n) is 5.09. The average molecular weight is 433 g/mol. The highest BCUT2D eigenvalue weighted by Gasteiger charge is 2.31. The van der Waals surface area contributed by atoms with Gasteiger partial charge in [0.15, 0.2) is 0 Å². The van der Waals surface area contributed by atoms with Crippen molar-refractivity contribution in [1.29, 1.82) is 0 Å². The van der Waals surface area contributed by atoms with E-state index in [1.165, 1.54) is 21.4 Å². The van der Waals surface area contributed by atoms with Crippen LogP contribution in [0.15, 0.2) is 35.6 Å². The Morgan fingerprint density at radius 3 is 2.47 bits per heavy atom. The van der Waals surface area contributed by atoms with Crippen LogP contribution < -0.4 is 0 Å². The highest BCUT2D eigenvalue weighted by atomic mass is 32.2. The van der Waals surface area contributed by atoms with Crippen LogP contribution in [-0.2, 0) is 23.7 Å². The molecule has 0 atom stereocenters. The first-order valence-corrected chi connectivity index (χ1v) is 11.0. The molecule has 1 saturated heterocycles. The SMILES string of the molecule is Cc1cc(C)n(Cn2ccc(C(=O)N3CCN(S(=O)(=O)c4cnn(C)c4)CC3)n2)n1. The van der Waals surface area contributed by atoms with Crippen molar-refractivity contribution in [3.05, 3.63) is 47.8 Å². The van der Waals surface area contributed by atoms with Crippen LogP contribution >= 0.6 is 0 Å². The quantitative estimate of drug-likeness (QED) is 0.565. The van der Waals surface area contributed by atoms with Gasteiger partial charge in [-0.2, -0.15) is 19.6 Å². The topological polar surface area (TPSA) is 111 Å². The van der Waals surface area contributed by atoms with Crippen molar-refractivity contribution in [3.8, 4) is 0 Å². The van der Waals surface area contributed by atoms with Crippen molar-refractivity contribution in [1.82, 2.24) is 38.5 Å². The van der Waals surface area contributed by atoms with Gasteiger partial charge in [0, 0.05) is 51.3 Å². The molecule has 1 amide bonds. The molecule has 4 heterocycles. The zero-order valence-electron chi connectivity index (χ0n) is 17.1. The van der Waals surface area contributed by atoms with E-state index in [4.69, 9.17) is 0 Å². The summed E-state index contributed by atoms with van der Waals surface area (Å²) in [5.74, 6) is -0.208. The summed E-state index contributed by atoms with van der Waals surface area (Å²) in [6, 6.07) is 3.65. The lowest BCUT2D eigenvalue weighted by Gasteiger charge is -2.33. The Morgan fingerprint density at radius 2 is 1.87 bits per heavy atom. The first-order valence-electron chi connectivity index (χ1n) is 9.56. The van der Waals surface area contributed by atoms with Gasteiger partial charge in [-0.05, 0) is 26.0 Å². The van der Waals surface area contributed by atoms with Gasteiger partial charge < -0.3 is 4.90 Å². The molecule has 4 rings (SSSR count). The van der Waals surface area contributed by atoms with Crippen LogP contribution in [0.3, 0.4) is 0 Å². The maximum absolute atomic E-state index is 12.8. The zero-order valence-corrected chi connectivity index (χ0v) is 17.9. The monoisotopic (exact) mass is 432 g/mol. The minimum absolute atomic E-state index is 0.160. The summed E-state index contributed by atoms with van der Waals surface area (Å²) < 4.78 is 31.7. The summed E-state index contributed by atoms with van der Waals surface area (Å²) in [5.41, 5.74) is 2.27. The zero-order chi connectivity index (χ0) is 21.5. The molecular weight excluding hydrogens is 408 g/mol. The lowest BCUT2D eigenvalue weighted by atomic mass is 10.3.